The Morgan fingerprint density at radius 2 is 1.72 bits per heavy atom. The Morgan fingerprint density at radius 1 is 1.04 bits per heavy atom. The van der Waals surface area contributed by atoms with Crippen molar-refractivity contribution in [3.05, 3.63) is 41.7 Å². The maximum Gasteiger partial charge on any atom is 0.355 e. The van der Waals surface area contributed by atoms with Crippen LogP contribution in [0.2, 0.25) is 0 Å². The van der Waals surface area contributed by atoms with Gasteiger partial charge in [-0.05, 0) is 18.2 Å². The Kier molecular flexibility index (Phi) is 6.27. The largest absolute Gasteiger partial charge is 0.496 e. The number of H-pyrrole nitrogens is 1. The van der Waals surface area contributed by atoms with E-state index >= 15 is 0 Å². The molecule has 2 rings (SSSR count). The monoisotopic (exact) mass is 348 g/mol. The first-order chi connectivity index (χ1) is 12.1. The normalized spacial score (nSPS) is 10.0. The fraction of sp³-hybridized carbons (Fsp3) is 0.294. The average Bonchev–Trinajstić information content (AvgIpc) is 3.18. The molecule has 0 spiro atoms. The molecule has 25 heavy (non-hydrogen) atoms. The van der Waals surface area contributed by atoms with Gasteiger partial charge in [0.2, 0.25) is 0 Å². The van der Waals surface area contributed by atoms with Crippen LogP contribution >= 0.6 is 0 Å². The molecule has 0 saturated heterocycles. The van der Waals surface area contributed by atoms with Crippen LogP contribution in [-0.4, -0.2) is 44.8 Å². The summed E-state index contributed by atoms with van der Waals surface area (Å²) in [6.07, 6.45) is 1.60. The van der Waals surface area contributed by atoms with Crippen molar-refractivity contribution in [3.63, 3.8) is 0 Å². The number of rotatable bonds is 8. The summed E-state index contributed by atoms with van der Waals surface area (Å²) in [6.45, 7) is -0.199. The Balaban J connectivity index is 1.93. The highest BCUT2D eigenvalue weighted by Crippen LogP contribution is 2.34. The number of carbonyl (C=O) groups excluding carboxylic acids is 2. The lowest BCUT2D eigenvalue weighted by Gasteiger charge is -2.14. The zero-order valence-electron chi connectivity index (χ0n) is 14.3. The van der Waals surface area contributed by atoms with Gasteiger partial charge in [0.05, 0.1) is 21.3 Å². The average molecular weight is 348 g/mol. The molecule has 0 unspecified atom stereocenters. The van der Waals surface area contributed by atoms with E-state index in [0.29, 0.717) is 22.8 Å². The number of aromatic amines is 1. The third-order valence-electron chi connectivity index (χ3n) is 3.41. The molecule has 1 heterocycles. The highest BCUT2D eigenvalue weighted by Gasteiger charge is 2.14. The van der Waals surface area contributed by atoms with Gasteiger partial charge >= 0.3 is 5.97 Å². The van der Waals surface area contributed by atoms with E-state index in [0.717, 1.165) is 0 Å². The molecule has 2 aromatic rings. The van der Waals surface area contributed by atoms with E-state index in [1.807, 2.05) is 0 Å². The van der Waals surface area contributed by atoms with Crippen molar-refractivity contribution in [1.82, 2.24) is 10.3 Å². The van der Waals surface area contributed by atoms with E-state index in [1.54, 1.807) is 30.5 Å². The molecule has 0 aliphatic carbocycles. The fourth-order valence-corrected chi connectivity index (χ4v) is 2.14. The maximum absolute atomic E-state index is 11.9. The maximum atomic E-state index is 11.9. The highest BCUT2D eigenvalue weighted by atomic mass is 16.5. The molecule has 1 aromatic carbocycles. The van der Waals surface area contributed by atoms with Gasteiger partial charge in [0, 0.05) is 24.4 Å². The summed E-state index contributed by atoms with van der Waals surface area (Å²) in [5, 5.41) is 2.66. The molecule has 0 aliphatic heterocycles. The van der Waals surface area contributed by atoms with Gasteiger partial charge in [0.1, 0.15) is 11.4 Å². The van der Waals surface area contributed by atoms with Crippen LogP contribution in [0.15, 0.2) is 30.5 Å². The SMILES string of the molecule is COc1cc(OC)c(OC)cc1CNC(=O)COC(=O)c1ccc[nH]1. The number of esters is 1. The van der Waals surface area contributed by atoms with Gasteiger partial charge in [-0.1, -0.05) is 0 Å². The summed E-state index contributed by atoms with van der Waals surface area (Å²) in [7, 11) is 4.56. The lowest BCUT2D eigenvalue weighted by atomic mass is 10.1. The molecule has 0 fully saturated rings. The van der Waals surface area contributed by atoms with Gasteiger partial charge < -0.3 is 29.2 Å². The first-order valence-corrected chi connectivity index (χ1v) is 7.45. The van der Waals surface area contributed by atoms with Crippen molar-refractivity contribution in [3.8, 4) is 17.2 Å². The van der Waals surface area contributed by atoms with Crippen molar-refractivity contribution in [2.45, 2.75) is 6.54 Å². The molecule has 8 nitrogen and oxygen atoms in total. The summed E-state index contributed by atoms with van der Waals surface area (Å²) in [5.41, 5.74) is 0.985. The van der Waals surface area contributed by atoms with Crippen LogP contribution in [-0.2, 0) is 16.1 Å². The first-order valence-electron chi connectivity index (χ1n) is 7.45. The van der Waals surface area contributed by atoms with Crippen molar-refractivity contribution >= 4 is 11.9 Å². The van der Waals surface area contributed by atoms with Crippen molar-refractivity contribution in [1.29, 1.82) is 0 Å². The Morgan fingerprint density at radius 3 is 2.32 bits per heavy atom. The van der Waals surface area contributed by atoms with Crippen molar-refractivity contribution < 1.29 is 28.5 Å². The zero-order chi connectivity index (χ0) is 18.2. The second-order valence-electron chi connectivity index (χ2n) is 4.96. The van der Waals surface area contributed by atoms with E-state index in [-0.39, 0.29) is 18.8 Å². The molecule has 2 N–H and O–H groups in total. The van der Waals surface area contributed by atoms with Gasteiger partial charge in [-0.3, -0.25) is 4.79 Å². The molecular formula is C17H20N2O6. The zero-order valence-corrected chi connectivity index (χ0v) is 14.3. The minimum absolute atomic E-state index is 0.183. The lowest BCUT2D eigenvalue weighted by Crippen LogP contribution is -2.28. The predicted octanol–water partition coefficient (Wildman–Crippen LogP) is 1.51. The van der Waals surface area contributed by atoms with Crippen LogP contribution in [0.3, 0.4) is 0 Å². The summed E-state index contributed by atoms with van der Waals surface area (Å²) in [6, 6.07) is 6.61. The van der Waals surface area contributed by atoms with Crippen LogP contribution < -0.4 is 19.5 Å². The van der Waals surface area contributed by atoms with Crippen molar-refractivity contribution in [2.24, 2.45) is 0 Å². The van der Waals surface area contributed by atoms with Crippen LogP contribution in [0.4, 0.5) is 0 Å². The van der Waals surface area contributed by atoms with Crippen LogP contribution in [0.1, 0.15) is 16.1 Å². The van der Waals surface area contributed by atoms with E-state index in [9.17, 15) is 9.59 Å². The number of hydrogen-bond acceptors (Lipinski definition) is 6. The number of carbonyl (C=O) groups is 2. The standard InChI is InChI=1S/C17H20N2O6/c1-22-13-8-15(24-3)14(23-2)7-11(13)9-19-16(20)10-25-17(21)12-5-4-6-18-12/h4-8,18H,9-10H2,1-3H3,(H,19,20). The van der Waals surface area contributed by atoms with Crippen molar-refractivity contribution in [2.75, 3.05) is 27.9 Å². The Labute approximate surface area is 145 Å². The van der Waals surface area contributed by atoms with Gasteiger partial charge in [-0.2, -0.15) is 0 Å². The molecule has 134 valence electrons. The second kappa shape index (κ2) is 8.62. The lowest BCUT2D eigenvalue weighted by molar-refractivity contribution is -0.124. The highest BCUT2D eigenvalue weighted by molar-refractivity contribution is 5.89. The molecule has 0 bridgehead atoms. The number of ether oxygens (including phenoxy) is 4. The van der Waals surface area contributed by atoms with Crippen LogP contribution in [0.5, 0.6) is 17.2 Å². The molecule has 0 radical (unpaired) electrons. The van der Waals surface area contributed by atoms with E-state index in [4.69, 9.17) is 18.9 Å². The smallest absolute Gasteiger partial charge is 0.355 e. The first kappa shape index (κ1) is 18.2. The number of amides is 1. The predicted molar refractivity (Wildman–Crippen MR) is 89.0 cm³/mol. The summed E-state index contributed by atoms with van der Waals surface area (Å²) in [5.74, 6) is 0.557. The van der Waals surface area contributed by atoms with Gasteiger partial charge in [0.15, 0.2) is 18.1 Å². The number of benzene rings is 1. The number of aromatic nitrogens is 1. The van der Waals surface area contributed by atoms with Crippen LogP contribution in [0, 0.1) is 0 Å². The summed E-state index contributed by atoms with van der Waals surface area (Å²) < 4.78 is 20.7. The Bertz CT molecular complexity index is 727. The van der Waals surface area contributed by atoms with E-state index in [1.165, 1.54) is 21.3 Å². The number of methoxy groups -OCH3 is 3. The summed E-state index contributed by atoms with van der Waals surface area (Å²) >= 11 is 0. The number of nitrogens with one attached hydrogen (secondary N) is 2. The van der Waals surface area contributed by atoms with Gasteiger partial charge in [-0.15, -0.1) is 0 Å². The quantitative estimate of drug-likeness (QED) is 0.702. The third kappa shape index (κ3) is 4.66. The van der Waals surface area contributed by atoms with Gasteiger partial charge in [0.25, 0.3) is 5.91 Å². The Hall–Kier alpha value is -3.16. The number of hydrogen-bond donors (Lipinski definition) is 2. The fourth-order valence-electron chi connectivity index (χ4n) is 2.14. The molecular weight excluding hydrogens is 328 g/mol. The van der Waals surface area contributed by atoms with E-state index in [2.05, 4.69) is 10.3 Å². The third-order valence-corrected chi connectivity index (χ3v) is 3.41. The summed E-state index contributed by atoms with van der Waals surface area (Å²) in [4.78, 5) is 26.2. The molecule has 8 heteroatoms. The van der Waals surface area contributed by atoms with Crippen LogP contribution in [0.25, 0.3) is 0 Å². The molecule has 0 atom stereocenters. The topological polar surface area (TPSA) is 98.9 Å². The molecule has 1 amide bonds. The molecule has 1 aromatic heterocycles. The van der Waals surface area contributed by atoms with Gasteiger partial charge in [-0.25, -0.2) is 4.79 Å². The minimum Gasteiger partial charge on any atom is -0.496 e. The minimum atomic E-state index is -0.594. The second-order valence-corrected chi connectivity index (χ2v) is 4.96. The van der Waals surface area contributed by atoms with E-state index < -0.39 is 11.9 Å². The molecule has 0 aliphatic rings. The molecule has 0 saturated carbocycles.